The van der Waals surface area contributed by atoms with E-state index in [1.165, 1.54) is 28.7 Å². The smallest absolute Gasteiger partial charge is 0.416 e. The van der Waals surface area contributed by atoms with Crippen molar-refractivity contribution in [1.29, 1.82) is 5.26 Å². The van der Waals surface area contributed by atoms with Crippen molar-refractivity contribution in [2.75, 3.05) is 32.6 Å². The summed E-state index contributed by atoms with van der Waals surface area (Å²) in [5.41, 5.74) is 0.375. The average molecular weight is 622 g/mol. The second-order valence-corrected chi connectivity index (χ2v) is 11.4. The third kappa shape index (κ3) is 5.74. The Hall–Kier alpha value is -5.16. The number of quaternary nitrogens is 1. The molecule has 0 spiro atoms. The number of carbonyl (C=O) groups is 1. The normalized spacial score (nSPS) is 15.9. The van der Waals surface area contributed by atoms with E-state index in [0.29, 0.717) is 34.1 Å². The molecule has 0 radical (unpaired) electrons. The fourth-order valence-electron chi connectivity index (χ4n) is 5.68. The maximum Gasteiger partial charge on any atom is 0.416 e. The number of alkyl halides is 3. The molecule has 0 saturated carbocycles. The number of esters is 1. The summed E-state index contributed by atoms with van der Waals surface area (Å²) in [4.78, 5) is 35.7. The lowest BCUT2D eigenvalue weighted by atomic mass is 9.88. The number of hydrogen-bond acceptors (Lipinski definition) is 7. The van der Waals surface area contributed by atoms with E-state index in [1.807, 2.05) is 6.92 Å². The van der Waals surface area contributed by atoms with Gasteiger partial charge in [0.15, 0.2) is 5.82 Å². The molecule has 14 heteroatoms. The van der Waals surface area contributed by atoms with Crippen LogP contribution in [-0.2, 0) is 22.1 Å². The van der Waals surface area contributed by atoms with Gasteiger partial charge in [-0.1, -0.05) is 12.1 Å². The molecule has 1 unspecified atom stereocenters. The maximum absolute atomic E-state index is 13.7. The van der Waals surface area contributed by atoms with Crippen molar-refractivity contribution in [3.05, 3.63) is 105 Å². The number of nitriles is 1. The summed E-state index contributed by atoms with van der Waals surface area (Å²) in [5, 5.41) is 16.3. The number of methoxy groups -OCH3 is 1. The molecule has 234 valence electrons. The summed E-state index contributed by atoms with van der Waals surface area (Å²) in [6.45, 7) is 4.21. The SMILES string of the molecule is COC(=O)C1=C(C)N(c2cccc(C(F)(F)F)c2)c2n[nH]c(=O)n2[C@@H]1c1ccc(C#N)cc1CC[N+](C)(C)C(C)c1ncc[nH]1. The highest BCUT2D eigenvalue weighted by Crippen LogP contribution is 2.43. The number of rotatable bonds is 8. The van der Waals surface area contributed by atoms with E-state index in [-0.39, 0.29) is 28.9 Å². The summed E-state index contributed by atoms with van der Waals surface area (Å²) in [6.07, 6.45) is -0.725. The lowest BCUT2D eigenvalue weighted by Gasteiger charge is -2.37. The van der Waals surface area contributed by atoms with Crippen molar-refractivity contribution in [3.8, 4) is 6.07 Å². The molecule has 1 aliphatic rings. The maximum atomic E-state index is 13.7. The van der Waals surface area contributed by atoms with E-state index < -0.39 is 29.4 Å². The molecule has 3 heterocycles. The second-order valence-electron chi connectivity index (χ2n) is 11.4. The fourth-order valence-corrected chi connectivity index (χ4v) is 5.68. The van der Waals surface area contributed by atoms with Crippen LogP contribution in [-0.4, -0.2) is 62.9 Å². The first kappa shape index (κ1) is 31.3. The van der Waals surface area contributed by atoms with Crippen LogP contribution in [0, 0.1) is 11.3 Å². The van der Waals surface area contributed by atoms with Crippen LogP contribution in [0.2, 0.25) is 0 Å². The molecule has 2 N–H and O–H groups in total. The standard InChI is InChI=1S/C31H31F3N8O3/c1-18-25(28(43)45-5)26(41-29(38-39-30(41)44)40(18)23-8-6-7-22(16-23)31(32,33)34)24-10-9-20(17-35)15-21(24)11-14-42(3,4)19(2)27-36-12-13-37-27/h6-10,12-13,15-16,19,26H,11,14H2,1-5H3,(H-,36,37,39,44)/p+1/t19?,26-/m1/s1. The number of anilines is 2. The fraction of sp³-hybridized carbons (Fsp3) is 0.323. The first-order valence-electron chi connectivity index (χ1n) is 14.1. The summed E-state index contributed by atoms with van der Waals surface area (Å²) in [6, 6.07) is 10.6. The average Bonchev–Trinajstić information content (AvgIpc) is 3.69. The Morgan fingerprint density at radius 2 is 1.98 bits per heavy atom. The highest BCUT2D eigenvalue weighted by atomic mass is 19.4. The van der Waals surface area contributed by atoms with Crippen molar-refractivity contribution in [2.45, 2.75) is 38.5 Å². The van der Waals surface area contributed by atoms with Gasteiger partial charge in [0.05, 0.1) is 50.5 Å². The van der Waals surface area contributed by atoms with Gasteiger partial charge >= 0.3 is 17.8 Å². The Labute approximate surface area is 256 Å². The number of benzene rings is 2. The summed E-state index contributed by atoms with van der Waals surface area (Å²) < 4.78 is 47.9. The van der Waals surface area contributed by atoms with E-state index in [0.717, 1.165) is 18.0 Å². The van der Waals surface area contributed by atoms with Gasteiger partial charge in [-0.15, -0.1) is 5.10 Å². The first-order chi connectivity index (χ1) is 21.3. The number of H-pyrrole nitrogens is 2. The number of aromatic nitrogens is 5. The van der Waals surface area contributed by atoms with E-state index in [2.05, 4.69) is 40.3 Å². The van der Waals surface area contributed by atoms with Crippen molar-refractivity contribution in [3.63, 3.8) is 0 Å². The summed E-state index contributed by atoms with van der Waals surface area (Å²) in [7, 11) is 5.30. The molecule has 4 aromatic rings. The van der Waals surface area contributed by atoms with E-state index in [4.69, 9.17) is 4.74 Å². The molecule has 11 nitrogen and oxygen atoms in total. The van der Waals surface area contributed by atoms with Crippen LogP contribution in [0.5, 0.6) is 0 Å². The van der Waals surface area contributed by atoms with E-state index in [9.17, 15) is 28.0 Å². The summed E-state index contributed by atoms with van der Waals surface area (Å²) in [5.74, 6) is 0.0347. The number of allylic oxidation sites excluding steroid dienone is 1. The van der Waals surface area contributed by atoms with Crippen LogP contribution in [0.15, 0.2) is 70.9 Å². The molecular weight excluding hydrogens is 589 g/mol. The van der Waals surface area contributed by atoms with Gasteiger partial charge in [-0.25, -0.2) is 24.2 Å². The minimum atomic E-state index is -4.62. The Balaban J connectivity index is 1.67. The number of nitrogens with one attached hydrogen (secondary N) is 2. The lowest BCUT2D eigenvalue weighted by molar-refractivity contribution is -0.919. The number of likely N-dealkylation sites (N-methyl/N-ethyl adjacent to an activating group) is 1. The van der Waals surface area contributed by atoms with Crippen LogP contribution in [0.3, 0.4) is 0 Å². The van der Waals surface area contributed by atoms with Gasteiger partial charge in [-0.3, -0.25) is 4.90 Å². The Kier molecular flexibility index (Phi) is 8.15. The van der Waals surface area contributed by atoms with Crippen LogP contribution < -0.4 is 10.6 Å². The van der Waals surface area contributed by atoms with Gasteiger partial charge in [0.2, 0.25) is 5.95 Å². The zero-order valence-corrected chi connectivity index (χ0v) is 25.3. The molecule has 2 aromatic carbocycles. The lowest BCUT2D eigenvalue weighted by Crippen LogP contribution is -2.44. The third-order valence-electron chi connectivity index (χ3n) is 8.47. The number of nitrogens with zero attached hydrogens (tertiary/aromatic N) is 6. The number of aromatic amines is 2. The topological polar surface area (TPSA) is 133 Å². The second kappa shape index (κ2) is 11.7. The molecule has 1 aliphatic heterocycles. The highest BCUT2D eigenvalue weighted by Gasteiger charge is 2.41. The quantitative estimate of drug-likeness (QED) is 0.214. The van der Waals surface area contributed by atoms with Crippen molar-refractivity contribution in [2.24, 2.45) is 0 Å². The van der Waals surface area contributed by atoms with Gasteiger partial charge in [0.1, 0.15) is 12.1 Å². The number of fused-ring (bicyclic) bond motifs is 1. The van der Waals surface area contributed by atoms with Gasteiger partial charge in [0, 0.05) is 30.2 Å². The zero-order chi connectivity index (χ0) is 32.7. The molecule has 0 amide bonds. The third-order valence-corrected chi connectivity index (χ3v) is 8.47. The number of hydrogen-bond donors (Lipinski definition) is 2. The van der Waals surface area contributed by atoms with Crippen LogP contribution >= 0.6 is 0 Å². The summed E-state index contributed by atoms with van der Waals surface area (Å²) >= 11 is 0. The molecular formula is C31H32F3N8O3+. The van der Waals surface area contributed by atoms with Crippen LogP contribution in [0.1, 0.15) is 54.0 Å². The minimum Gasteiger partial charge on any atom is -0.466 e. The Morgan fingerprint density at radius 3 is 2.62 bits per heavy atom. The van der Waals surface area contributed by atoms with Gasteiger partial charge in [0.25, 0.3) is 0 Å². The van der Waals surface area contributed by atoms with Crippen molar-refractivity contribution >= 4 is 17.6 Å². The molecule has 2 atom stereocenters. The molecule has 0 bridgehead atoms. The monoisotopic (exact) mass is 621 g/mol. The molecule has 0 fully saturated rings. The number of ether oxygens (including phenoxy) is 1. The van der Waals surface area contributed by atoms with Crippen LogP contribution in [0.4, 0.5) is 24.8 Å². The largest absolute Gasteiger partial charge is 0.466 e. The molecule has 0 saturated heterocycles. The van der Waals surface area contributed by atoms with Crippen molar-refractivity contribution in [1.82, 2.24) is 24.7 Å². The number of carbonyl (C=O) groups excluding carboxylic acids is 1. The Morgan fingerprint density at radius 1 is 1.22 bits per heavy atom. The first-order valence-corrected chi connectivity index (χ1v) is 14.1. The van der Waals surface area contributed by atoms with Crippen LogP contribution in [0.25, 0.3) is 0 Å². The minimum absolute atomic E-state index is 0.00540. The van der Waals surface area contributed by atoms with E-state index >= 15 is 0 Å². The highest BCUT2D eigenvalue weighted by molar-refractivity contribution is 5.93. The number of imidazole rings is 1. The predicted molar refractivity (Wildman–Crippen MR) is 158 cm³/mol. The zero-order valence-electron chi connectivity index (χ0n) is 25.3. The van der Waals surface area contributed by atoms with Gasteiger partial charge in [-0.05, 0) is 55.3 Å². The Bertz CT molecular complexity index is 1870. The number of halogens is 3. The molecule has 0 aliphatic carbocycles. The molecule has 5 rings (SSSR count). The molecule has 2 aromatic heterocycles. The van der Waals surface area contributed by atoms with Crippen molar-refractivity contribution < 1.29 is 27.2 Å². The van der Waals surface area contributed by atoms with E-state index in [1.54, 1.807) is 37.5 Å². The van der Waals surface area contributed by atoms with Gasteiger partial charge < -0.3 is 14.2 Å². The van der Waals surface area contributed by atoms with Gasteiger partial charge in [-0.2, -0.15) is 18.4 Å². The predicted octanol–water partition coefficient (Wildman–Crippen LogP) is 4.75. The molecule has 45 heavy (non-hydrogen) atoms.